The monoisotopic (exact) mass is 278 g/mol. The Balaban J connectivity index is 1.85. The van der Waals surface area contributed by atoms with Crippen LogP contribution in [0.15, 0.2) is 55.1 Å². The molecule has 1 atom stereocenters. The highest BCUT2D eigenvalue weighted by Gasteiger charge is 2.14. The number of rotatable bonds is 4. The molecule has 2 aromatic heterocycles. The van der Waals surface area contributed by atoms with Gasteiger partial charge < -0.3 is 4.57 Å². The number of nitrogens with zero attached hydrogens (tertiary/aromatic N) is 4. The van der Waals surface area contributed by atoms with Crippen molar-refractivity contribution in [2.24, 2.45) is 0 Å². The van der Waals surface area contributed by atoms with Gasteiger partial charge in [0.2, 0.25) is 0 Å². The molecule has 0 fully saturated rings. The normalized spacial score (nSPS) is 12.3. The van der Waals surface area contributed by atoms with Crippen LogP contribution < -0.4 is 0 Å². The van der Waals surface area contributed by atoms with Gasteiger partial charge in [-0.1, -0.05) is 37.3 Å². The van der Waals surface area contributed by atoms with E-state index in [1.807, 2.05) is 31.6 Å². The minimum absolute atomic E-state index is 0.250. The first-order valence-corrected chi connectivity index (χ1v) is 7.07. The Hall–Kier alpha value is -2.49. The van der Waals surface area contributed by atoms with Crippen LogP contribution in [0.5, 0.6) is 0 Å². The van der Waals surface area contributed by atoms with Crippen LogP contribution in [-0.4, -0.2) is 19.5 Å². The molecule has 0 amide bonds. The molecule has 0 saturated carbocycles. The van der Waals surface area contributed by atoms with E-state index in [1.165, 1.54) is 5.56 Å². The Kier molecular flexibility index (Phi) is 3.77. The summed E-state index contributed by atoms with van der Waals surface area (Å²) < 4.78 is 2.14. The lowest BCUT2D eigenvalue weighted by Gasteiger charge is -2.14. The summed E-state index contributed by atoms with van der Waals surface area (Å²) in [5.41, 5.74) is 3.14. The van der Waals surface area contributed by atoms with Crippen molar-refractivity contribution in [3.05, 3.63) is 77.9 Å². The van der Waals surface area contributed by atoms with Crippen molar-refractivity contribution in [3.8, 4) is 0 Å². The van der Waals surface area contributed by atoms with E-state index in [2.05, 4.69) is 50.7 Å². The lowest BCUT2D eigenvalue weighted by molar-refractivity contribution is 0.676. The minimum Gasteiger partial charge on any atom is -0.328 e. The maximum absolute atomic E-state index is 4.52. The molecule has 0 aliphatic heterocycles. The summed E-state index contributed by atoms with van der Waals surface area (Å²) in [5.74, 6) is 1.29. The summed E-state index contributed by atoms with van der Waals surface area (Å²) in [6.45, 7) is 4.81. The Morgan fingerprint density at radius 3 is 2.57 bits per heavy atom. The highest BCUT2D eigenvalue weighted by Crippen LogP contribution is 2.22. The Bertz CT molecular complexity index is 701. The quantitative estimate of drug-likeness (QED) is 0.736. The number of aromatic nitrogens is 4. The van der Waals surface area contributed by atoms with E-state index >= 15 is 0 Å². The van der Waals surface area contributed by atoms with Crippen LogP contribution in [0.1, 0.15) is 35.6 Å². The number of benzene rings is 1. The number of imidazole rings is 1. The molecule has 21 heavy (non-hydrogen) atoms. The summed E-state index contributed by atoms with van der Waals surface area (Å²) in [4.78, 5) is 13.2. The molecule has 3 aromatic rings. The van der Waals surface area contributed by atoms with Gasteiger partial charge in [-0.05, 0) is 12.5 Å². The van der Waals surface area contributed by atoms with E-state index < -0.39 is 0 Å². The third-order valence-electron chi connectivity index (χ3n) is 3.60. The van der Waals surface area contributed by atoms with Crippen molar-refractivity contribution in [2.45, 2.75) is 26.3 Å². The maximum Gasteiger partial charge on any atom is 0.116 e. The topological polar surface area (TPSA) is 43.6 Å². The molecule has 0 unspecified atom stereocenters. The van der Waals surface area contributed by atoms with E-state index in [4.69, 9.17) is 0 Å². The average Bonchev–Trinajstić information content (AvgIpc) is 2.98. The molecule has 0 aliphatic carbocycles. The largest absolute Gasteiger partial charge is 0.328 e. The fourth-order valence-electron chi connectivity index (χ4n) is 2.40. The van der Waals surface area contributed by atoms with Gasteiger partial charge in [0, 0.05) is 24.5 Å². The summed E-state index contributed by atoms with van der Waals surface area (Å²) in [6, 6.07) is 10.4. The molecule has 3 rings (SSSR count). The third-order valence-corrected chi connectivity index (χ3v) is 3.60. The number of hydrogen-bond acceptors (Lipinski definition) is 3. The van der Waals surface area contributed by atoms with Gasteiger partial charge in [-0.3, -0.25) is 9.97 Å². The molecular formula is C17H18N4. The molecule has 106 valence electrons. The zero-order valence-electron chi connectivity index (χ0n) is 12.3. The molecule has 0 N–H and O–H groups in total. The van der Waals surface area contributed by atoms with Gasteiger partial charge in [0.15, 0.2) is 0 Å². The highest BCUT2D eigenvalue weighted by atomic mass is 15.1. The van der Waals surface area contributed by atoms with Gasteiger partial charge in [-0.15, -0.1) is 0 Å². The van der Waals surface area contributed by atoms with Crippen LogP contribution in [0.3, 0.4) is 0 Å². The second-order valence-corrected chi connectivity index (χ2v) is 5.19. The summed E-state index contributed by atoms with van der Waals surface area (Å²) >= 11 is 0. The van der Waals surface area contributed by atoms with Crippen LogP contribution >= 0.6 is 0 Å². The number of hydrogen-bond donors (Lipinski definition) is 0. The van der Waals surface area contributed by atoms with Gasteiger partial charge >= 0.3 is 0 Å². The molecule has 2 heterocycles. The summed E-state index contributed by atoms with van der Waals surface area (Å²) in [6.07, 6.45) is 7.46. The molecule has 0 spiro atoms. The van der Waals surface area contributed by atoms with Crippen molar-refractivity contribution in [1.82, 2.24) is 19.5 Å². The van der Waals surface area contributed by atoms with Crippen LogP contribution in [0.4, 0.5) is 0 Å². The predicted molar refractivity (Wildman–Crippen MR) is 82.1 cm³/mol. The van der Waals surface area contributed by atoms with Crippen LogP contribution in [0.25, 0.3) is 0 Å². The third kappa shape index (κ3) is 2.99. The lowest BCUT2D eigenvalue weighted by Crippen LogP contribution is -2.10. The van der Waals surface area contributed by atoms with Gasteiger partial charge in [-0.2, -0.15) is 0 Å². The standard InChI is InChI=1S/C17H18N4/c1-13-10-20-16(11-19-13)12-21-9-8-18-17(21)14(2)15-6-4-3-5-7-15/h3-11,14H,12H2,1-2H3/t14-/m0/s1. The van der Waals surface area contributed by atoms with Gasteiger partial charge in [0.1, 0.15) is 5.82 Å². The smallest absolute Gasteiger partial charge is 0.116 e. The zero-order valence-corrected chi connectivity index (χ0v) is 12.3. The molecule has 0 radical (unpaired) electrons. The van der Waals surface area contributed by atoms with Crippen molar-refractivity contribution >= 4 is 0 Å². The molecule has 0 saturated heterocycles. The molecule has 1 aromatic carbocycles. The maximum atomic E-state index is 4.52. The number of aryl methyl sites for hydroxylation is 1. The SMILES string of the molecule is Cc1cnc(Cn2ccnc2[C@@H](C)c2ccccc2)cn1. The molecule has 0 bridgehead atoms. The van der Waals surface area contributed by atoms with E-state index in [-0.39, 0.29) is 5.92 Å². The van der Waals surface area contributed by atoms with Crippen molar-refractivity contribution < 1.29 is 0 Å². The summed E-state index contributed by atoms with van der Waals surface area (Å²) in [5, 5.41) is 0. The molecular weight excluding hydrogens is 260 g/mol. The molecule has 0 aliphatic rings. The molecule has 4 nitrogen and oxygen atoms in total. The Morgan fingerprint density at radius 2 is 1.86 bits per heavy atom. The Labute approximate surface area is 124 Å². The second kappa shape index (κ2) is 5.87. The first-order chi connectivity index (χ1) is 10.2. The fourth-order valence-corrected chi connectivity index (χ4v) is 2.40. The van der Waals surface area contributed by atoms with Crippen LogP contribution in [0.2, 0.25) is 0 Å². The highest BCUT2D eigenvalue weighted by molar-refractivity contribution is 5.25. The predicted octanol–water partition coefficient (Wildman–Crippen LogP) is 3.18. The first kappa shape index (κ1) is 13.5. The second-order valence-electron chi connectivity index (χ2n) is 5.19. The molecule has 4 heteroatoms. The van der Waals surface area contributed by atoms with Crippen molar-refractivity contribution in [2.75, 3.05) is 0 Å². The van der Waals surface area contributed by atoms with E-state index in [9.17, 15) is 0 Å². The van der Waals surface area contributed by atoms with Crippen molar-refractivity contribution in [3.63, 3.8) is 0 Å². The fraction of sp³-hybridized carbons (Fsp3) is 0.235. The zero-order chi connectivity index (χ0) is 14.7. The van der Waals surface area contributed by atoms with Crippen molar-refractivity contribution in [1.29, 1.82) is 0 Å². The Morgan fingerprint density at radius 1 is 1.05 bits per heavy atom. The van der Waals surface area contributed by atoms with E-state index in [0.717, 1.165) is 17.2 Å². The van der Waals surface area contributed by atoms with Gasteiger partial charge in [0.25, 0.3) is 0 Å². The average molecular weight is 278 g/mol. The lowest BCUT2D eigenvalue weighted by atomic mass is 10.0. The van der Waals surface area contributed by atoms with Crippen LogP contribution in [0, 0.1) is 6.92 Å². The first-order valence-electron chi connectivity index (χ1n) is 7.07. The van der Waals surface area contributed by atoms with Gasteiger partial charge in [-0.25, -0.2) is 4.98 Å². The van der Waals surface area contributed by atoms with Gasteiger partial charge in [0.05, 0.1) is 24.1 Å². The van der Waals surface area contributed by atoms with E-state index in [1.54, 1.807) is 6.20 Å². The van der Waals surface area contributed by atoms with E-state index in [0.29, 0.717) is 6.54 Å². The minimum atomic E-state index is 0.250. The summed E-state index contributed by atoms with van der Waals surface area (Å²) in [7, 11) is 0. The van der Waals surface area contributed by atoms with Crippen LogP contribution in [-0.2, 0) is 6.54 Å².